The van der Waals surface area contributed by atoms with Gasteiger partial charge in [-0.05, 0) is 61.9 Å². The molecule has 1 aliphatic carbocycles. The Balaban J connectivity index is 1.44. The van der Waals surface area contributed by atoms with Crippen molar-refractivity contribution < 1.29 is 23.9 Å². The molecule has 4 N–H and O–H groups in total. The van der Waals surface area contributed by atoms with Gasteiger partial charge in [0.05, 0.1) is 0 Å². The van der Waals surface area contributed by atoms with E-state index in [4.69, 9.17) is 5.11 Å². The minimum absolute atomic E-state index is 0.00642. The van der Waals surface area contributed by atoms with Crippen LogP contribution < -0.4 is 16.0 Å². The van der Waals surface area contributed by atoms with Crippen molar-refractivity contribution in [3.8, 4) is 0 Å². The van der Waals surface area contributed by atoms with Crippen LogP contribution in [0.25, 0.3) is 0 Å². The minimum atomic E-state index is -1.04. The minimum Gasteiger partial charge on any atom is -0.465 e. The number of rotatable bonds is 9. The van der Waals surface area contributed by atoms with Crippen molar-refractivity contribution in [1.82, 2.24) is 20.6 Å². The van der Waals surface area contributed by atoms with Gasteiger partial charge in [-0.25, -0.2) is 19.2 Å². The highest BCUT2D eigenvalue weighted by molar-refractivity contribution is 6.03. The van der Waals surface area contributed by atoms with Gasteiger partial charge in [0.1, 0.15) is 5.82 Å². The number of hydrogen-bond donors (Lipinski definition) is 4. The average molecular weight is 443 g/mol. The first-order valence-electron chi connectivity index (χ1n) is 10.6. The molecule has 10 heteroatoms. The van der Waals surface area contributed by atoms with E-state index in [1.807, 2.05) is 0 Å². The molecule has 1 unspecified atom stereocenters. The number of halogens is 1. The summed E-state index contributed by atoms with van der Waals surface area (Å²) >= 11 is 0. The number of carbonyl (C=O) groups excluding carboxylic acids is 2. The second kappa shape index (κ2) is 11.2. The van der Waals surface area contributed by atoms with Crippen LogP contribution in [0.1, 0.15) is 53.7 Å². The molecule has 0 saturated heterocycles. The predicted molar refractivity (Wildman–Crippen MR) is 115 cm³/mol. The van der Waals surface area contributed by atoms with Crippen molar-refractivity contribution in [1.29, 1.82) is 0 Å². The van der Waals surface area contributed by atoms with E-state index in [1.165, 1.54) is 24.3 Å². The van der Waals surface area contributed by atoms with E-state index in [-0.39, 0.29) is 17.9 Å². The third-order valence-corrected chi connectivity index (χ3v) is 5.20. The maximum atomic E-state index is 13.0. The van der Waals surface area contributed by atoms with Crippen LogP contribution in [-0.2, 0) is 17.6 Å². The van der Waals surface area contributed by atoms with E-state index in [1.54, 1.807) is 6.20 Å². The zero-order valence-corrected chi connectivity index (χ0v) is 17.6. The second-order valence-electron chi connectivity index (χ2n) is 7.68. The Morgan fingerprint density at radius 1 is 1.12 bits per heavy atom. The molecular formula is C22H26FN5O4. The van der Waals surface area contributed by atoms with Crippen molar-refractivity contribution in [2.24, 2.45) is 0 Å². The molecular weight excluding hydrogens is 417 g/mol. The molecule has 0 fully saturated rings. The summed E-state index contributed by atoms with van der Waals surface area (Å²) in [5.74, 6) is -0.655. The first-order chi connectivity index (χ1) is 15.4. The Bertz CT molecular complexity index is 967. The van der Waals surface area contributed by atoms with Gasteiger partial charge in [0.25, 0.3) is 5.91 Å². The fourth-order valence-corrected chi connectivity index (χ4v) is 3.55. The lowest BCUT2D eigenvalue weighted by Crippen LogP contribution is -2.39. The molecule has 1 aromatic carbocycles. The van der Waals surface area contributed by atoms with Crippen LogP contribution in [0.3, 0.4) is 0 Å². The van der Waals surface area contributed by atoms with Gasteiger partial charge >= 0.3 is 6.09 Å². The lowest BCUT2D eigenvalue weighted by Gasteiger charge is -2.25. The number of fused-ring (bicyclic) bond motifs is 1. The van der Waals surface area contributed by atoms with Crippen molar-refractivity contribution in [2.45, 2.75) is 51.0 Å². The van der Waals surface area contributed by atoms with Crippen molar-refractivity contribution >= 4 is 23.9 Å². The maximum Gasteiger partial charge on any atom is 0.404 e. The van der Waals surface area contributed by atoms with Crippen molar-refractivity contribution in [2.75, 3.05) is 11.9 Å². The second-order valence-corrected chi connectivity index (χ2v) is 7.68. The highest BCUT2D eigenvalue weighted by Gasteiger charge is 2.22. The Labute approximate surface area is 184 Å². The summed E-state index contributed by atoms with van der Waals surface area (Å²) in [5.41, 5.74) is 2.08. The largest absolute Gasteiger partial charge is 0.465 e. The number of aryl methyl sites for hydroxylation is 1. The first-order valence-corrected chi connectivity index (χ1v) is 10.6. The smallest absolute Gasteiger partial charge is 0.404 e. The number of nitrogens with one attached hydrogen (secondary N) is 3. The lowest BCUT2D eigenvalue weighted by atomic mass is 9.92. The standard InChI is InChI=1S/C22H26FN5O4/c23-16-7-5-14(6-8-16)20(30)28-21-25-13-15-12-17(9-10-18(15)27-21)26-19(29)4-2-1-3-11-24-22(31)32/h5-8,13,17,24H,1-4,9-12H2,(H,26,29)(H,31,32)(H,25,27,28,30). The molecule has 0 aliphatic heterocycles. The van der Waals surface area contributed by atoms with E-state index < -0.39 is 17.8 Å². The van der Waals surface area contributed by atoms with E-state index in [2.05, 4.69) is 25.9 Å². The number of anilines is 1. The van der Waals surface area contributed by atoms with Gasteiger partial charge in [-0.15, -0.1) is 0 Å². The van der Waals surface area contributed by atoms with Gasteiger partial charge in [0.2, 0.25) is 11.9 Å². The van der Waals surface area contributed by atoms with E-state index in [0.717, 1.165) is 24.1 Å². The number of amides is 3. The van der Waals surface area contributed by atoms with E-state index >= 15 is 0 Å². The highest BCUT2D eigenvalue weighted by atomic mass is 19.1. The summed E-state index contributed by atoms with van der Waals surface area (Å²) in [4.78, 5) is 43.4. The average Bonchev–Trinajstić information content (AvgIpc) is 2.76. The van der Waals surface area contributed by atoms with Crippen LogP contribution >= 0.6 is 0 Å². The third kappa shape index (κ3) is 7.00. The Kier molecular flexibility index (Phi) is 8.07. The van der Waals surface area contributed by atoms with Crippen molar-refractivity contribution in [3.05, 3.63) is 53.1 Å². The Morgan fingerprint density at radius 3 is 2.66 bits per heavy atom. The zero-order valence-electron chi connectivity index (χ0n) is 17.6. The summed E-state index contributed by atoms with van der Waals surface area (Å²) in [6, 6.07) is 5.22. The number of nitrogens with zero attached hydrogens (tertiary/aromatic N) is 2. The monoisotopic (exact) mass is 443 g/mol. The molecule has 3 rings (SSSR count). The fourth-order valence-electron chi connectivity index (χ4n) is 3.55. The Morgan fingerprint density at radius 2 is 1.91 bits per heavy atom. The molecule has 0 radical (unpaired) electrons. The van der Waals surface area contributed by atoms with Crippen LogP contribution in [0.4, 0.5) is 15.1 Å². The molecule has 0 bridgehead atoms. The molecule has 32 heavy (non-hydrogen) atoms. The molecule has 3 amide bonds. The molecule has 1 atom stereocenters. The number of unbranched alkanes of at least 4 members (excludes halogenated alkanes) is 2. The molecule has 1 aromatic heterocycles. The molecule has 1 heterocycles. The van der Waals surface area contributed by atoms with E-state index in [9.17, 15) is 18.8 Å². The summed E-state index contributed by atoms with van der Waals surface area (Å²) in [5, 5.41) is 16.5. The van der Waals surface area contributed by atoms with Gasteiger partial charge in [0.15, 0.2) is 0 Å². The van der Waals surface area contributed by atoms with Gasteiger partial charge in [-0.3, -0.25) is 14.9 Å². The number of carboxylic acid groups (broad SMARTS) is 1. The topological polar surface area (TPSA) is 133 Å². The predicted octanol–water partition coefficient (Wildman–Crippen LogP) is 2.67. The summed E-state index contributed by atoms with van der Waals surface area (Å²) in [7, 11) is 0. The van der Waals surface area contributed by atoms with Gasteiger partial charge in [-0.1, -0.05) is 6.42 Å². The number of carbonyl (C=O) groups is 3. The maximum absolute atomic E-state index is 13.0. The van der Waals surface area contributed by atoms with E-state index in [0.29, 0.717) is 44.2 Å². The summed E-state index contributed by atoms with van der Waals surface area (Å²) in [6.45, 7) is 0.392. The van der Waals surface area contributed by atoms with Gasteiger partial charge in [0, 0.05) is 36.5 Å². The SMILES string of the molecule is O=C(O)NCCCCCC(=O)NC1CCc2nc(NC(=O)c3ccc(F)cc3)ncc2C1. The summed E-state index contributed by atoms with van der Waals surface area (Å²) < 4.78 is 13.0. The molecule has 2 aromatic rings. The third-order valence-electron chi connectivity index (χ3n) is 5.20. The normalized spacial score (nSPS) is 14.8. The Hall–Kier alpha value is -3.56. The van der Waals surface area contributed by atoms with Crippen LogP contribution in [-0.4, -0.2) is 45.6 Å². The highest BCUT2D eigenvalue weighted by Crippen LogP contribution is 2.21. The lowest BCUT2D eigenvalue weighted by molar-refractivity contribution is -0.122. The number of benzene rings is 1. The molecule has 0 saturated carbocycles. The molecule has 1 aliphatic rings. The van der Waals surface area contributed by atoms with Crippen LogP contribution in [0, 0.1) is 5.82 Å². The molecule has 0 spiro atoms. The fraction of sp³-hybridized carbons (Fsp3) is 0.409. The number of hydrogen-bond acceptors (Lipinski definition) is 5. The summed E-state index contributed by atoms with van der Waals surface area (Å²) in [6.07, 6.45) is 5.23. The molecule has 170 valence electrons. The number of aromatic nitrogens is 2. The van der Waals surface area contributed by atoms with Crippen molar-refractivity contribution in [3.63, 3.8) is 0 Å². The molecule has 9 nitrogen and oxygen atoms in total. The van der Waals surface area contributed by atoms with Crippen LogP contribution in [0.5, 0.6) is 0 Å². The van der Waals surface area contributed by atoms with Crippen LogP contribution in [0.15, 0.2) is 30.5 Å². The zero-order chi connectivity index (χ0) is 22.9. The van der Waals surface area contributed by atoms with Gasteiger partial charge < -0.3 is 15.7 Å². The first kappa shape index (κ1) is 23.1. The quantitative estimate of drug-likeness (QED) is 0.441. The van der Waals surface area contributed by atoms with Gasteiger partial charge in [-0.2, -0.15) is 0 Å². The van der Waals surface area contributed by atoms with Crippen LogP contribution in [0.2, 0.25) is 0 Å².